The lowest BCUT2D eigenvalue weighted by atomic mass is 10.0. The molecule has 16 heteroatoms. The van der Waals surface area contributed by atoms with Crippen molar-refractivity contribution in [3.8, 4) is 0 Å². The van der Waals surface area contributed by atoms with Crippen molar-refractivity contribution < 1.29 is 28.9 Å². The topological polar surface area (TPSA) is 191 Å². The number of carboxylic acid groups (broad SMARTS) is 1. The van der Waals surface area contributed by atoms with Crippen molar-refractivity contribution in [1.29, 1.82) is 0 Å². The number of anilines is 1. The molecule has 4 aliphatic heterocycles. The minimum atomic E-state index is -1.49. The summed E-state index contributed by atoms with van der Waals surface area (Å²) >= 11 is 2.32. The van der Waals surface area contributed by atoms with E-state index in [1.807, 2.05) is 35.5 Å². The lowest BCUT2D eigenvalue weighted by molar-refractivity contribution is -0.699. The van der Waals surface area contributed by atoms with Gasteiger partial charge in [-0.2, -0.15) is 0 Å². The normalized spacial score (nSPS) is 26.8. The fraction of sp³-hybridized carbons (Fsp3) is 0.407. The number of nitroso groups, excluding NO2 is 1. The van der Waals surface area contributed by atoms with E-state index in [4.69, 9.17) is 5.73 Å². The van der Waals surface area contributed by atoms with Crippen molar-refractivity contribution in [2.45, 2.75) is 48.9 Å². The van der Waals surface area contributed by atoms with Crippen molar-refractivity contribution in [3.63, 3.8) is 0 Å². The fourth-order valence-corrected chi connectivity index (χ4v) is 7.85. The van der Waals surface area contributed by atoms with Gasteiger partial charge < -0.3 is 26.4 Å². The van der Waals surface area contributed by atoms with Gasteiger partial charge in [-0.1, -0.05) is 6.07 Å². The number of amides is 3. The highest BCUT2D eigenvalue weighted by atomic mass is 32.2. The van der Waals surface area contributed by atoms with E-state index in [1.165, 1.54) is 17.1 Å². The van der Waals surface area contributed by atoms with Crippen LogP contribution in [-0.2, 0) is 25.7 Å². The molecule has 5 N–H and O–H groups in total. The Kier molecular flexibility index (Phi) is 7.98. The van der Waals surface area contributed by atoms with E-state index in [-0.39, 0.29) is 40.3 Å². The molecule has 0 bridgehead atoms. The number of likely N-dealkylation sites (tertiary alicyclic amines) is 1. The van der Waals surface area contributed by atoms with Crippen LogP contribution in [0.25, 0.3) is 0 Å². The Morgan fingerprint density at radius 2 is 2.09 bits per heavy atom. The predicted molar refractivity (Wildman–Crippen MR) is 156 cm³/mol. The number of thioether (sulfide) groups is 1. The Bertz CT molecular complexity index is 1540. The quantitative estimate of drug-likeness (QED) is 0.129. The summed E-state index contributed by atoms with van der Waals surface area (Å²) in [6.45, 7) is 2.02. The maximum atomic E-state index is 13.4. The van der Waals surface area contributed by atoms with Gasteiger partial charge in [-0.25, -0.2) is 14.3 Å². The summed E-state index contributed by atoms with van der Waals surface area (Å²) in [4.78, 5) is 69.8. The van der Waals surface area contributed by atoms with Gasteiger partial charge in [-0.15, -0.1) is 28.0 Å². The highest BCUT2D eigenvalue weighted by molar-refractivity contribution is 8.00. The molecule has 6 heterocycles. The number of pyridine rings is 1. The predicted octanol–water partition coefficient (Wildman–Crippen LogP) is 0.148. The number of allylic oxidation sites excluding steroid dienone is 1. The number of aliphatic carboxylic acids is 1. The second kappa shape index (κ2) is 11.9. The van der Waals surface area contributed by atoms with Crippen LogP contribution < -0.4 is 20.9 Å². The first-order valence-electron chi connectivity index (χ1n) is 13.7. The number of carbonyl (C=O) groups excluding carboxylic acids is 3. The summed E-state index contributed by atoms with van der Waals surface area (Å²) in [5, 5.41) is 19.8. The first-order valence-corrected chi connectivity index (χ1v) is 15.6. The maximum absolute atomic E-state index is 13.4. The molecule has 224 valence electrons. The average molecular weight is 626 g/mol. The number of carbonyl (C=O) groups is 4. The molecule has 5 unspecified atom stereocenters. The van der Waals surface area contributed by atoms with Gasteiger partial charge in [-0.05, 0) is 29.7 Å². The number of nitrogens with two attached hydrogens (primary N) is 1. The standard InChI is InChI=1S/C27H28N8O6S2/c28-27-30-18(13-43-27)19(32-41)22(36)31-20-24(38)35-21(26(39)40)15(12-42-25(20)35)8-14-4-7-34(23(14)37)17-9-16(29-10-17)11-33-5-2-1-3-6-33/h1-3,5-6,8,13,16-17,19-20,25,29H,4,7,9-12H2,(H3-,28,30,31,36,39,40)/p+1. The molecule has 4 aliphatic rings. The van der Waals surface area contributed by atoms with Gasteiger partial charge in [0, 0.05) is 48.0 Å². The molecule has 3 saturated heterocycles. The van der Waals surface area contributed by atoms with Crippen LogP contribution in [0, 0.1) is 4.91 Å². The molecule has 2 aromatic rings. The zero-order valence-electron chi connectivity index (χ0n) is 22.8. The minimum absolute atomic E-state index is 0.0393. The largest absolute Gasteiger partial charge is 0.477 e. The SMILES string of the molecule is Nc1nc(C(N=O)C(=O)NC2C(=O)N3C(C(=O)O)=C(C=C4CCN(C5CNC(C[n+]6ccccc6)C5)C4=O)CSC23)cs1. The number of β-lactam (4-membered cyclic amide) rings is 1. The minimum Gasteiger partial charge on any atom is -0.477 e. The van der Waals surface area contributed by atoms with E-state index in [1.54, 1.807) is 6.08 Å². The molecule has 5 atom stereocenters. The molecule has 43 heavy (non-hydrogen) atoms. The molecule has 3 amide bonds. The number of rotatable bonds is 9. The van der Waals surface area contributed by atoms with Crippen molar-refractivity contribution in [2.75, 3.05) is 24.6 Å². The van der Waals surface area contributed by atoms with E-state index in [0.29, 0.717) is 30.7 Å². The van der Waals surface area contributed by atoms with Crippen LogP contribution in [-0.4, -0.2) is 85.9 Å². The number of fused-ring (bicyclic) bond motifs is 1. The number of carboxylic acids is 1. The third kappa shape index (κ3) is 5.52. The first-order chi connectivity index (χ1) is 20.7. The van der Waals surface area contributed by atoms with Crippen molar-refractivity contribution in [1.82, 2.24) is 25.4 Å². The monoisotopic (exact) mass is 625 g/mol. The average Bonchev–Trinajstić information content (AvgIpc) is 3.73. The van der Waals surface area contributed by atoms with Gasteiger partial charge in [0.05, 0.1) is 11.7 Å². The van der Waals surface area contributed by atoms with Crippen LogP contribution in [0.5, 0.6) is 0 Å². The molecule has 0 spiro atoms. The van der Waals surface area contributed by atoms with E-state index in [2.05, 4.69) is 25.4 Å². The summed E-state index contributed by atoms with van der Waals surface area (Å²) in [5.74, 6) is -2.66. The number of thiazole rings is 1. The molecule has 0 saturated carbocycles. The summed E-state index contributed by atoms with van der Waals surface area (Å²) in [6.07, 6.45) is 6.91. The summed E-state index contributed by atoms with van der Waals surface area (Å²) in [7, 11) is 0. The number of nitrogens with zero attached hydrogens (tertiary/aromatic N) is 5. The molecular weight excluding hydrogens is 596 g/mol. The fourth-order valence-electron chi connectivity index (χ4n) is 5.96. The van der Waals surface area contributed by atoms with Gasteiger partial charge in [0.15, 0.2) is 24.1 Å². The maximum Gasteiger partial charge on any atom is 0.352 e. The zero-order valence-corrected chi connectivity index (χ0v) is 24.4. The van der Waals surface area contributed by atoms with Gasteiger partial charge in [0.25, 0.3) is 11.8 Å². The van der Waals surface area contributed by atoms with Gasteiger partial charge in [-0.3, -0.25) is 19.3 Å². The number of nitrogens with one attached hydrogen (secondary N) is 2. The molecular formula is C27H29N8O6S2+. The van der Waals surface area contributed by atoms with Crippen LogP contribution in [0.3, 0.4) is 0 Å². The molecule has 14 nitrogen and oxygen atoms in total. The number of aromatic nitrogens is 2. The van der Waals surface area contributed by atoms with Crippen LogP contribution in [0.4, 0.5) is 5.13 Å². The first kappa shape index (κ1) is 28.9. The second-order valence-electron chi connectivity index (χ2n) is 10.7. The van der Waals surface area contributed by atoms with Crippen molar-refractivity contribution >= 4 is 51.9 Å². The molecule has 0 aliphatic carbocycles. The zero-order chi connectivity index (χ0) is 30.2. The smallest absolute Gasteiger partial charge is 0.352 e. The van der Waals surface area contributed by atoms with E-state index in [0.717, 1.165) is 29.2 Å². The Morgan fingerprint density at radius 1 is 1.30 bits per heavy atom. The van der Waals surface area contributed by atoms with Gasteiger partial charge >= 0.3 is 5.97 Å². The Balaban J connectivity index is 1.13. The number of hydrogen-bond acceptors (Lipinski definition) is 11. The van der Waals surface area contributed by atoms with E-state index >= 15 is 0 Å². The molecule has 6 rings (SSSR count). The second-order valence-corrected chi connectivity index (χ2v) is 12.7. The van der Waals surface area contributed by atoms with Crippen LogP contribution >= 0.6 is 23.1 Å². The summed E-state index contributed by atoms with van der Waals surface area (Å²) in [6, 6.07) is 3.66. The molecule has 0 radical (unpaired) electrons. The van der Waals surface area contributed by atoms with Crippen LogP contribution in [0.1, 0.15) is 24.6 Å². The third-order valence-electron chi connectivity index (χ3n) is 8.03. The van der Waals surface area contributed by atoms with Gasteiger partial charge in [0.2, 0.25) is 11.9 Å². The summed E-state index contributed by atoms with van der Waals surface area (Å²) < 4.78 is 2.10. The van der Waals surface area contributed by atoms with Crippen LogP contribution in [0.2, 0.25) is 0 Å². The third-order valence-corrected chi connectivity index (χ3v) is 10.0. The molecule has 0 aromatic carbocycles. The Morgan fingerprint density at radius 3 is 2.79 bits per heavy atom. The molecule has 3 fully saturated rings. The number of hydrogen-bond donors (Lipinski definition) is 4. The van der Waals surface area contributed by atoms with Crippen LogP contribution in [0.15, 0.2) is 64.1 Å². The number of nitrogen functional groups attached to an aromatic ring is 1. The lowest BCUT2D eigenvalue weighted by Gasteiger charge is -2.49. The van der Waals surface area contributed by atoms with E-state index in [9.17, 15) is 29.2 Å². The molecule has 2 aromatic heterocycles. The van der Waals surface area contributed by atoms with Crippen molar-refractivity contribution in [2.24, 2.45) is 5.18 Å². The van der Waals surface area contributed by atoms with E-state index < -0.39 is 35.2 Å². The highest BCUT2D eigenvalue weighted by Crippen LogP contribution is 2.41. The lowest BCUT2D eigenvalue weighted by Crippen LogP contribution is -2.70. The Hall–Kier alpha value is -4.15. The Labute approximate surface area is 254 Å². The van der Waals surface area contributed by atoms with Crippen molar-refractivity contribution in [3.05, 3.63) is 69.5 Å². The van der Waals surface area contributed by atoms with Gasteiger partial charge in [0.1, 0.15) is 17.1 Å². The highest BCUT2D eigenvalue weighted by Gasteiger charge is 2.54. The summed E-state index contributed by atoms with van der Waals surface area (Å²) in [5.41, 5.74) is 6.33.